The second kappa shape index (κ2) is 6.59. The van der Waals surface area contributed by atoms with Crippen molar-refractivity contribution in [1.29, 1.82) is 0 Å². The van der Waals surface area contributed by atoms with Gasteiger partial charge < -0.3 is 10.1 Å². The standard InChI is InChI=1S/C12H22N2O3/c1-4-17-12(16)10-6-5-7-14(8-10)9(2)11(15)13-3/h9-10H,4-8H2,1-3H3,(H,13,15)/t9?,10-/m0/s1. The fourth-order valence-corrected chi connectivity index (χ4v) is 2.19. The van der Waals surface area contributed by atoms with Crippen LogP contribution in [-0.2, 0) is 14.3 Å². The monoisotopic (exact) mass is 242 g/mol. The molecule has 17 heavy (non-hydrogen) atoms. The Bertz CT molecular complexity index is 281. The first-order chi connectivity index (χ1) is 8.10. The van der Waals surface area contributed by atoms with E-state index in [1.807, 2.05) is 18.7 Å². The van der Waals surface area contributed by atoms with Gasteiger partial charge in [0.05, 0.1) is 18.6 Å². The van der Waals surface area contributed by atoms with Crippen LogP contribution in [0.15, 0.2) is 0 Å². The lowest BCUT2D eigenvalue weighted by Crippen LogP contribution is -2.49. The molecule has 1 unspecified atom stereocenters. The molecule has 0 aliphatic carbocycles. The molecule has 5 heteroatoms. The minimum Gasteiger partial charge on any atom is -0.466 e. The molecule has 0 aromatic carbocycles. The Labute approximate surface area is 102 Å². The van der Waals surface area contributed by atoms with Gasteiger partial charge in [-0.2, -0.15) is 0 Å². The van der Waals surface area contributed by atoms with Crippen LogP contribution in [0.5, 0.6) is 0 Å². The van der Waals surface area contributed by atoms with Gasteiger partial charge in [-0.05, 0) is 33.2 Å². The molecule has 1 amide bonds. The maximum atomic E-state index is 11.7. The summed E-state index contributed by atoms with van der Waals surface area (Å²) in [6, 6.07) is -0.183. The zero-order chi connectivity index (χ0) is 12.8. The topological polar surface area (TPSA) is 58.6 Å². The summed E-state index contributed by atoms with van der Waals surface area (Å²) >= 11 is 0. The Kier molecular flexibility index (Phi) is 5.41. The van der Waals surface area contributed by atoms with Crippen molar-refractivity contribution in [3.8, 4) is 0 Å². The summed E-state index contributed by atoms with van der Waals surface area (Å²) in [5, 5.41) is 2.63. The third-order valence-corrected chi connectivity index (χ3v) is 3.25. The highest BCUT2D eigenvalue weighted by atomic mass is 16.5. The van der Waals surface area contributed by atoms with Gasteiger partial charge >= 0.3 is 5.97 Å². The fourth-order valence-electron chi connectivity index (χ4n) is 2.19. The number of likely N-dealkylation sites (tertiary alicyclic amines) is 1. The lowest BCUT2D eigenvalue weighted by Gasteiger charge is -2.34. The van der Waals surface area contributed by atoms with Gasteiger partial charge in [-0.1, -0.05) is 0 Å². The van der Waals surface area contributed by atoms with Crippen molar-refractivity contribution in [2.45, 2.75) is 32.7 Å². The largest absolute Gasteiger partial charge is 0.466 e. The molecule has 98 valence electrons. The number of carbonyl (C=O) groups excluding carboxylic acids is 2. The number of nitrogens with zero attached hydrogens (tertiary/aromatic N) is 1. The second-order valence-electron chi connectivity index (χ2n) is 4.38. The van der Waals surface area contributed by atoms with Crippen LogP contribution in [0.25, 0.3) is 0 Å². The average Bonchev–Trinajstić information content (AvgIpc) is 2.37. The summed E-state index contributed by atoms with van der Waals surface area (Å²) in [6.07, 6.45) is 1.79. The number of esters is 1. The first kappa shape index (κ1) is 14.0. The molecule has 5 nitrogen and oxygen atoms in total. The first-order valence-corrected chi connectivity index (χ1v) is 6.22. The van der Waals surface area contributed by atoms with E-state index in [4.69, 9.17) is 4.74 Å². The zero-order valence-electron chi connectivity index (χ0n) is 10.9. The quantitative estimate of drug-likeness (QED) is 0.725. The Hall–Kier alpha value is -1.10. The van der Waals surface area contributed by atoms with Crippen LogP contribution in [0.3, 0.4) is 0 Å². The number of ether oxygens (including phenoxy) is 1. The van der Waals surface area contributed by atoms with E-state index in [2.05, 4.69) is 5.32 Å². The molecule has 1 fully saturated rings. The van der Waals surface area contributed by atoms with Crippen LogP contribution in [0.2, 0.25) is 0 Å². The van der Waals surface area contributed by atoms with Crippen LogP contribution >= 0.6 is 0 Å². The number of amides is 1. The molecule has 0 radical (unpaired) electrons. The smallest absolute Gasteiger partial charge is 0.310 e. The lowest BCUT2D eigenvalue weighted by atomic mass is 9.97. The predicted molar refractivity (Wildman–Crippen MR) is 64.5 cm³/mol. The van der Waals surface area contributed by atoms with E-state index < -0.39 is 0 Å². The van der Waals surface area contributed by atoms with Crippen molar-refractivity contribution in [3.05, 3.63) is 0 Å². The summed E-state index contributed by atoms with van der Waals surface area (Å²) in [4.78, 5) is 25.2. The van der Waals surface area contributed by atoms with Gasteiger partial charge in [0.1, 0.15) is 0 Å². The summed E-state index contributed by atoms with van der Waals surface area (Å²) in [6.45, 7) is 5.58. The maximum absolute atomic E-state index is 11.7. The Morgan fingerprint density at radius 1 is 1.53 bits per heavy atom. The molecule has 0 bridgehead atoms. The lowest BCUT2D eigenvalue weighted by molar-refractivity contribution is -0.151. The van der Waals surface area contributed by atoms with Gasteiger partial charge in [0, 0.05) is 13.6 Å². The number of nitrogens with one attached hydrogen (secondary N) is 1. The molecule has 2 atom stereocenters. The number of hydrogen-bond donors (Lipinski definition) is 1. The van der Waals surface area contributed by atoms with E-state index in [0.717, 1.165) is 19.4 Å². The third-order valence-electron chi connectivity index (χ3n) is 3.25. The predicted octanol–water partition coefficient (Wildman–Crippen LogP) is 0.396. The van der Waals surface area contributed by atoms with E-state index in [1.54, 1.807) is 7.05 Å². The summed E-state index contributed by atoms with van der Waals surface area (Å²) in [7, 11) is 1.63. The van der Waals surface area contributed by atoms with Crippen molar-refractivity contribution >= 4 is 11.9 Å². The normalized spacial score (nSPS) is 22.9. The van der Waals surface area contributed by atoms with Crippen LogP contribution in [-0.4, -0.2) is 49.6 Å². The van der Waals surface area contributed by atoms with E-state index in [9.17, 15) is 9.59 Å². The number of piperidine rings is 1. The second-order valence-corrected chi connectivity index (χ2v) is 4.38. The van der Waals surface area contributed by atoms with E-state index >= 15 is 0 Å². The highest BCUT2D eigenvalue weighted by Crippen LogP contribution is 2.19. The van der Waals surface area contributed by atoms with Crippen LogP contribution in [0.1, 0.15) is 26.7 Å². The van der Waals surface area contributed by atoms with Gasteiger partial charge in [0.15, 0.2) is 0 Å². The molecule has 0 saturated carbocycles. The summed E-state index contributed by atoms with van der Waals surface area (Å²) in [5.74, 6) is -0.230. The minimum absolute atomic E-state index is 0.00508. The zero-order valence-corrected chi connectivity index (χ0v) is 10.9. The Balaban J connectivity index is 2.54. The van der Waals surface area contributed by atoms with Gasteiger partial charge in [0.25, 0.3) is 0 Å². The molecule has 1 aliphatic heterocycles. The van der Waals surface area contributed by atoms with Gasteiger partial charge in [0.2, 0.25) is 5.91 Å². The molecule has 0 spiro atoms. The molecule has 0 aromatic rings. The molecular weight excluding hydrogens is 220 g/mol. The van der Waals surface area contributed by atoms with E-state index in [-0.39, 0.29) is 23.8 Å². The van der Waals surface area contributed by atoms with Crippen molar-refractivity contribution in [1.82, 2.24) is 10.2 Å². The average molecular weight is 242 g/mol. The maximum Gasteiger partial charge on any atom is 0.310 e. The number of hydrogen-bond acceptors (Lipinski definition) is 4. The fraction of sp³-hybridized carbons (Fsp3) is 0.833. The molecule has 1 rings (SSSR count). The Morgan fingerprint density at radius 3 is 2.82 bits per heavy atom. The van der Waals surface area contributed by atoms with Crippen LogP contribution in [0, 0.1) is 5.92 Å². The molecular formula is C12H22N2O3. The molecule has 1 saturated heterocycles. The van der Waals surface area contributed by atoms with Crippen LogP contribution < -0.4 is 5.32 Å². The van der Waals surface area contributed by atoms with E-state index in [1.165, 1.54) is 0 Å². The summed E-state index contributed by atoms with van der Waals surface area (Å²) < 4.78 is 5.03. The molecule has 1 N–H and O–H groups in total. The molecule has 1 heterocycles. The van der Waals surface area contributed by atoms with Gasteiger partial charge in [-0.3, -0.25) is 14.5 Å². The van der Waals surface area contributed by atoms with Crippen LogP contribution in [0.4, 0.5) is 0 Å². The van der Waals surface area contributed by atoms with Gasteiger partial charge in [-0.15, -0.1) is 0 Å². The Morgan fingerprint density at radius 2 is 2.24 bits per heavy atom. The highest BCUT2D eigenvalue weighted by molar-refractivity contribution is 5.81. The highest BCUT2D eigenvalue weighted by Gasteiger charge is 2.31. The van der Waals surface area contributed by atoms with Crippen molar-refractivity contribution < 1.29 is 14.3 Å². The van der Waals surface area contributed by atoms with Gasteiger partial charge in [-0.25, -0.2) is 0 Å². The number of rotatable bonds is 4. The minimum atomic E-state index is -0.183. The number of carbonyl (C=O) groups is 2. The molecule has 1 aliphatic rings. The number of likely N-dealkylation sites (N-methyl/N-ethyl adjacent to an activating group) is 1. The van der Waals surface area contributed by atoms with E-state index in [0.29, 0.717) is 13.2 Å². The van der Waals surface area contributed by atoms with Crippen molar-refractivity contribution in [3.63, 3.8) is 0 Å². The van der Waals surface area contributed by atoms with Crippen molar-refractivity contribution in [2.75, 3.05) is 26.7 Å². The first-order valence-electron chi connectivity index (χ1n) is 6.22. The third kappa shape index (κ3) is 3.70. The summed E-state index contributed by atoms with van der Waals surface area (Å²) in [5.41, 5.74) is 0. The molecule has 0 aromatic heterocycles. The SMILES string of the molecule is CCOC(=O)[C@H]1CCCN(C(C)C(=O)NC)C1. The van der Waals surface area contributed by atoms with Crippen molar-refractivity contribution in [2.24, 2.45) is 5.92 Å².